The first-order chi connectivity index (χ1) is 13.8. The maximum absolute atomic E-state index is 12.2. The number of esters is 1. The van der Waals surface area contributed by atoms with Gasteiger partial charge in [-0.1, -0.05) is 13.8 Å². The van der Waals surface area contributed by atoms with Crippen molar-refractivity contribution in [3.63, 3.8) is 0 Å². The number of ether oxygens (including phenoxy) is 2. The summed E-state index contributed by atoms with van der Waals surface area (Å²) >= 11 is 0. The van der Waals surface area contributed by atoms with Crippen LogP contribution in [0, 0.1) is 16.0 Å². The molecule has 0 aliphatic carbocycles. The zero-order valence-corrected chi connectivity index (χ0v) is 16.6. The van der Waals surface area contributed by atoms with Gasteiger partial charge in [-0.3, -0.25) is 14.9 Å². The molecule has 2 aromatic rings. The smallest absolute Gasteiger partial charge is 0.362 e. The number of non-ortho nitro benzene ring substituents is 1. The van der Waals surface area contributed by atoms with E-state index < -0.39 is 10.9 Å². The molecule has 1 aromatic heterocycles. The highest BCUT2D eigenvalue weighted by Crippen LogP contribution is 2.22. The molecule has 29 heavy (non-hydrogen) atoms. The maximum atomic E-state index is 12.2. The average molecular weight is 404 g/mol. The number of nitrogens with one attached hydrogen (secondary N) is 1. The Morgan fingerprint density at radius 2 is 1.97 bits per heavy atom. The first kappa shape index (κ1) is 21.9. The average Bonchev–Trinajstić information content (AvgIpc) is 3.11. The van der Waals surface area contributed by atoms with Gasteiger partial charge in [0.1, 0.15) is 0 Å². The summed E-state index contributed by atoms with van der Waals surface area (Å²) in [6, 6.07) is 5.62. The molecule has 1 heterocycles. The van der Waals surface area contributed by atoms with Gasteiger partial charge in [0.25, 0.3) is 11.6 Å². The van der Waals surface area contributed by atoms with Crippen molar-refractivity contribution in [3.8, 4) is 11.4 Å². The summed E-state index contributed by atoms with van der Waals surface area (Å²) in [4.78, 5) is 34.4. The van der Waals surface area contributed by atoms with Gasteiger partial charge < -0.3 is 14.8 Å². The molecule has 0 spiro atoms. The fraction of sp³-hybridized carbons (Fsp3) is 0.421. The van der Waals surface area contributed by atoms with Crippen molar-refractivity contribution in [2.45, 2.75) is 27.2 Å². The molecular weight excluding hydrogens is 380 g/mol. The molecule has 156 valence electrons. The maximum Gasteiger partial charge on any atom is 0.362 e. The van der Waals surface area contributed by atoms with E-state index in [1.54, 1.807) is 6.92 Å². The SMILES string of the molecule is CCOC(=O)c1nn(-c2ccc([N+](=O)[O-])cc2)cc1OCC(=O)NCCC(C)C. The van der Waals surface area contributed by atoms with Crippen molar-refractivity contribution >= 4 is 17.6 Å². The Labute approximate surface area is 167 Å². The van der Waals surface area contributed by atoms with E-state index in [0.717, 1.165) is 6.42 Å². The van der Waals surface area contributed by atoms with Crippen molar-refractivity contribution in [3.05, 3.63) is 46.3 Å². The van der Waals surface area contributed by atoms with Crippen LogP contribution in [-0.2, 0) is 9.53 Å². The number of nitro benzene ring substituents is 1. The van der Waals surface area contributed by atoms with Crippen LogP contribution in [0.1, 0.15) is 37.7 Å². The summed E-state index contributed by atoms with van der Waals surface area (Å²) in [5.41, 5.74) is 0.332. The van der Waals surface area contributed by atoms with Crippen LogP contribution in [-0.4, -0.2) is 46.3 Å². The van der Waals surface area contributed by atoms with Gasteiger partial charge in [0.2, 0.25) is 5.69 Å². The van der Waals surface area contributed by atoms with Crippen molar-refractivity contribution in [2.24, 2.45) is 5.92 Å². The number of hydrogen-bond acceptors (Lipinski definition) is 7. The summed E-state index contributed by atoms with van der Waals surface area (Å²) in [6.07, 6.45) is 2.27. The monoisotopic (exact) mass is 404 g/mol. The van der Waals surface area contributed by atoms with Crippen molar-refractivity contribution in [1.82, 2.24) is 15.1 Å². The number of nitro groups is 1. The molecule has 10 nitrogen and oxygen atoms in total. The Morgan fingerprint density at radius 1 is 1.28 bits per heavy atom. The largest absolute Gasteiger partial charge is 0.480 e. The Bertz CT molecular complexity index is 860. The topological polar surface area (TPSA) is 126 Å². The molecule has 2 rings (SSSR count). The summed E-state index contributed by atoms with van der Waals surface area (Å²) < 4.78 is 11.8. The first-order valence-electron chi connectivity index (χ1n) is 9.23. The molecule has 10 heteroatoms. The third-order valence-corrected chi connectivity index (χ3v) is 3.88. The lowest BCUT2D eigenvalue weighted by atomic mass is 10.1. The molecule has 0 atom stereocenters. The number of aromatic nitrogens is 2. The number of amides is 1. The summed E-state index contributed by atoms with van der Waals surface area (Å²) in [6.45, 7) is 6.18. The van der Waals surface area contributed by atoms with Gasteiger partial charge in [-0.05, 0) is 31.4 Å². The Kier molecular flexibility index (Phi) is 7.70. The summed E-state index contributed by atoms with van der Waals surface area (Å²) in [5, 5.41) is 17.7. The van der Waals surface area contributed by atoms with Crippen molar-refractivity contribution in [1.29, 1.82) is 0 Å². The van der Waals surface area contributed by atoms with Crippen LogP contribution in [0.3, 0.4) is 0 Å². The Morgan fingerprint density at radius 3 is 2.55 bits per heavy atom. The summed E-state index contributed by atoms with van der Waals surface area (Å²) in [5.74, 6) is -0.459. The fourth-order valence-electron chi connectivity index (χ4n) is 2.36. The molecule has 1 amide bonds. The van der Waals surface area contributed by atoms with Crippen molar-refractivity contribution in [2.75, 3.05) is 19.8 Å². The summed E-state index contributed by atoms with van der Waals surface area (Å²) in [7, 11) is 0. The minimum Gasteiger partial charge on any atom is -0.480 e. The number of nitrogens with zero attached hydrogens (tertiary/aromatic N) is 3. The van der Waals surface area contributed by atoms with Gasteiger partial charge in [0.15, 0.2) is 12.4 Å². The minimum atomic E-state index is -0.691. The highest BCUT2D eigenvalue weighted by molar-refractivity contribution is 5.90. The van der Waals surface area contributed by atoms with Crippen LogP contribution in [0.25, 0.3) is 5.69 Å². The molecule has 0 unspecified atom stereocenters. The van der Waals surface area contributed by atoms with Crippen LogP contribution in [0.5, 0.6) is 5.75 Å². The number of rotatable bonds is 10. The molecular formula is C19H24N4O6. The Balaban J connectivity index is 2.16. The third kappa shape index (κ3) is 6.30. The standard InChI is InChI=1S/C19H24N4O6/c1-4-28-19(25)18-16(29-12-17(24)20-10-9-13(2)3)11-22(21-18)14-5-7-15(8-6-14)23(26)27/h5-8,11,13H,4,9-10,12H2,1-3H3,(H,20,24). The molecule has 0 aliphatic heterocycles. The van der Waals surface area contributed by atoms with Gasteiger partial charge in [-0.15, -0.1) is 0 Å². The van der Waals surface area contributed by atoms with E-state index in [2.05, 4.69) is 24.3 Å². The molecule has 0 saturated heterocycles. The van der Waals surface area contributed by atoms with Crippen LogP contribution in [0.2, 0.25) is 0 Å². The van der Waals surface area contributed by atoms with E-state index >= 15 is 0 Å². The lowest BCUT2D eigenvalue weighted by Gasteiger charge is -2.08. The quantitative estimate of drug-likeness (QED) is 0.366. The highest BCUT2D eigenvalue weighted by atomic mass is 16.6. The zero-order valence-electron chi connectivity index (χ0n) is 16.6. The minimum absolute atomic E-state index is 0.0685. The van der Waals surface area contributed by atoms with Gasteiger partial charge in [0.05, 0.1) is 23.4 Å². The molecule has 0 fully saturated rings. The fourth-order valence-corrected chi connectivity index (χ4v) is 2.36. The molecule has 0 bridgehead atoms. The second-order valence-electron chi connectivity index (χ2n) is 6.60. The predicted octanol–water partition coefficient (Wildman–Crippen LogP) is 2.50. The van der Waals surface area contributed by atoms with E-state index in [1.165, 1.54) is 35.1 Å². The number of benzene rings is 1. The highest BCUT2D eigenvalue weighted by Gasteiger charge is 2.21. The second-order valence-corrected chi connectivity index (χ2v) is 6.60. The lowest BCUT2D eigenvalue weighted by Crippen LogP contribution is -2.30. The van der Waals surface area contributed by atoms with E-state index in [1.807, 2.05) is 0 Å². The molecule has 0 saturated carbocycles. The van der Waals surface area contributed by atoms with Gasteiger partial charge in [-0.2, -0.15) is 5.10 Å². The molecule has 0 aliphatic rings. The van der Waals surface area contributed by atoms with Gasteiger partial charge >= 0.3 is 5.97 Å². The number of hydrogen-bond donors (Lipinski definition) is 1. The van der Waals surface area contributed by atoms with Crippen LogP contribution >= 0.6 is 0 Å². The zero-order chi connectivity index (χ0) is 21.4. The predicted molar refractivity (Wildman–Crippen MR) is 104 cm³/mol. The number of carbonyl (C=O) groups excluding carboxylic acids is 2. The van der Waals surface area contributed by atoms with E-state index in [4.69, 9.17) is 9.47 Å². The van der Waals surface area contributed by atoms with Gasteiger partial charge in [-0.25, -0.2) is 9.48 Å². The van der Waals surface area contributed by atoms with E-state index in [0.29, 0.717) is 18.2 Å². The van der Waals surface area contributed by atoms with E-state index in [9.17, 15) is 19.7 Å². The van der Waals surface area contributed by atoms with Gasteiger partial charge in [0, 0.05) is 18.7 Å². The molecule has 1 N–H and O–H groups in total. The van der Waals surface area contributed by atoms with Crippen LogP contribution in [0.15, 0.2) is 30.5 Å². The first-order valence-corrected chi connectivity index (χ1v) is 9.23. The molecule has 0 radical (unpaired) electrons. The number of carbonyl (C=O) groups is 2. The van der Waals surface area contributed by atoms with E-state index in [-0.39, 0.29) is 36.3 Å². The lowest BCUT2D eigenvalue weighted by molar-refractivity contribution is -0.384. The molecule has 1 aromatic carbocycles. The third-order valence-electron chi connectivity index (χ3n) is 3.88. The van der Waals surface area contributed by atoms with Crippen molar-refractivity contribution < 1.29 is 24.0 Å². The van der Waals surface area contributed by atoms with Crippen LogP contribution < -0.4 is 10.1 Å². The normalized spacial score (nSPS) is 10.6. The van der Waals surface area contributed by atoms with Crippen LogP contribution in [0.4, 0.5) is 5.69 Å². The Hall–Kier alpha value is -3.43. The second kappa shape index (κ2) is 10.2.